The summed E-state index contributed by atoms with van der Waals surface area (Å²) in [5, 5.41) is 22.0. The van der Waals surface area contributed by atoms with Crippen LogP contribution in [0.4, 0.5) is 0 Å². The molecule has 0 saturated heterocycles. The summed E-state index contributed by atoms with van der Waals surface area (Å²) in [6, 6.07) is 8.85. The van der Waals surface area contributed by atoms with Gasteiger partial charge in [0.25, 0.3) is 0 Å². The Balaban J connectivity index is 0.00000289. The standard InChI is InChI=1S/C23H35N7O.HI/c1-3-21-27-22-10-9-19(15-30(22)28-21)26-23(24-4-2)25-13-20(31)16-29-12-11-17-7-5-6-8-18(17)14-29;/h5-8,19-20,31H,3-4,9-16H2,1-2H3,(H2,24,25,26);1H. The molecular weight excluding hydrogens is 517 g/mol. The van der Waals surface area contributed by atoms with E-state index in [4.69, 9.17) is 0 Å². The lowest BCUT2D eigenvalue weighted by atomic mass is 10.00. The zero-order chi connectivity index (χ0) is 21.6. The molecule has 32 heavy (non-hydrogen) atoms. The molecular formula is C23H36IN7O. The zero-order valence-electron chi connectivity index (χ0n) is 19.1. The molecule has 0 fully saturated rings. The number of hydrogen-bond acceptors (Lipinski definition) is 5. The van der Waals surface area contributed by atoms with Crippen molar-refractivity contribution in [3.05, 3.63) is 47.0 Å². The summed E-state index contributed by atoms with van der Waals surface area (Å²) in [6.45, 7) is 8.63. The van der Waals surface area contributed by atoms with Crippen LogP contribution in [-0.4, -0.2) is 69.1 Å². The average Bonchev–Trinajstić information content (AvgIpc) is 3.20. The Morgan fingerprint density at radius 3 is 2.84 bits per heavy atom. The minimum Gasteiger partial charge on any atom is -0.390 e. The largest absolute Gasteiger partial charge is 0.390 e. The van der Waals surface area contributed by atoms with E-state index in [1.165, 1.54) is 11.1 Å². The fraction of sp³-hybridized carbons (Fsp3) is 0.609. The topological polar surface area (TPSA) is 90.6 Å². The Kier molecular flexibility index (Phi) is 9.30. The highest BCUT2D eigenvalue weighted by molar-refractivity contribution is 14.0. The maximum absolute atomic E-state index is 10.6. The number of halogens is 1. The van der Waals surface area contributed by atoms with Crippen LogP contribution < -0.4 is 10.6 Å². The summed E-state index contributed by atoms with van der Waals surface area (Å²) in [6.07, 6.45) is 3.34. The Bertz CT molecular complexity index is 900. The van der Waals surface area contributed by atoms with Gasteiger partial charge in [0.15, 0.2) is 11.8 Å². The summed E-state index contributed by atoms with van der Waals surface area (Å²) in [5.41, 5.74) is 2.80. The molecule has 1 aromatic carbocycles. The van der Waals surface area contributed by atoms with Crippen LogP contribution in [0.25, 0.3) is 0 Å². The number of rotatable bonds is 7. The molecule has 2 atom stereocenters. The molecule has 2 aliphatic heterocycles. The van der Waals surface area contributed by atoms with E-state index in [0.717, 1.165) is 69.5 Å². The maximum Gasteiger partial charge on any atom is 0.191 e. The number of nitrogens with one attached hydrogen (secondary N) is 2. The molecule has 8 nitrogen and oxygen atoms in total. The van der Waals surface area contributed by atoms with Crippen molar-refractivity contribution in [2.24, 2.45) is 4.99 Å². The highest BCUT2D eigenvalue weighted by Crippen LogP contribution is 2.18. The molecule has 3 heterocycles. The molecule has 0 amide bonds. The van der Waals surface area contributed by atoms with Crippen LogP contribution in [0.1, 0.15) is 43.0 Å². The van der Waals surface area contributed by atoms with E-state index in [0.29, 0.717) is 13.1 Å². The van der Waals surface area contributed by atoms with Crippen molar-refractivity contribution in [1.82, 2.24) is 30.3 Å². The number of hydrogen-bond donors (Lipinski definition) is 3. The van der Waals surface area contributed by atoms with Gasteiger partial charge in [-0.05, 0) is 30.9 Å². The fourth-order valence-corrected chi connectivity index (χ4v) is 4.40. The van der Waals surface area contributed by atoms with Crippen molar-refractivity contribution < 1.29 is 5.11 Å². The molecule has 3 N–H and O–H groups in total. The Labute approximate surface area is 207 Å². The average molecular weight is 553 g/mol. The molecule has 2 aromatic rings. The lowest BCUT2D eigenvalue weighted by molar-refractivity contribution is 0.111. The van der Waals surface area contributed by atoms with E-state index in [-0.39, 0.29) is 30.0 Å². The first kappa shape index (κ1) is 24.9. The van der Waals surface area contributed by atoms with Crippen LogP contribution in [0, 0.1) is 0 Å². The van der Waals surface area contributed by atoms with Crippen LogP contribution in [0.2, 0.25) is 0 Å². The SMILES string of the molecule is CCNC(=NCC(O)CN1CCc2ccccc2C1)NC1CCc2nc(CC)nn2C1.I. The fourth-order valence-electron chi connectivity index (χ4n) is 4.40. The van der Waals surface area contributed by atoms with Crippen molar-refractivity contribution in [2.45, 2.75) is 64.8 Å². The lowest BCUT2D eigenvalue weighted by Gasteiger charge is -2.30. The van der Waals surface area contributed by atoms with Crippen LogP contribution >= 0.6 is 24.0 Å². The van der Waals surface area contributed by atoms with Crippen LogP contribution in [-0.2, 0) is 32.4 Å². The first-order valence-electron chi connectivity index (χ1n) is 11.6. The zero-order valence-corrected chi connectivity index (χ0v) is 21.5. The predicted molar refractivity (Wildman–Crippen MR) is 137 cm³/mol. The van der Waals surface area contributed by atoms with Gasteiger partial charge in [-0.2, -0.15) is 5.10 Å². The minimum atomic E-state index is -0.485. The van der Waals surface area contributed by atoms with Gasteiger partial charge in [-0.25, -0.2) is 9.67 Å². The minimum absolute atomic E-state index is 0. The first-order valence-corrected chi connectivity index (χ1v) is 11.6. The molecule has 176 valence electrons. The number of nitrogens with zero attached hydrogens (tertiary/aromatic N) is 5. The van der Waals surface area contributed by atoms with E-state index in [9.17, 15) is 5.11 Å². The maximum atomic E-state index is 10.6. The van der Waals surface area contributed by atoms with Gasteiger partial charge >= 0.3 is 0 Å². The Morgan fingerprint density at radius 2 is 2.06 bits per heavy atom. The van der Waals surface area contributed by atoms with Gasteiger partial charge in [-0.1, -0.05) is 31.2 Å². The number of aliphatic hydroxyl groups excluding tert-OH is 1. The monoisotopic (exact) mass is 553 g/mol. The predicted octanol–water partition coefficient (Wildman–Crippen LogP) is 1.75. The van der Waals surface area contributed by atoms with Crippen molar-refractivity contribution in [3.8, 4) is 0 Å². The van der Waals surface area contributed by atoms with Gasteiger partial charge in [0.05, 0.1) is 19.2 Å². The van der Waals surface area contributed by atoms with Gasteiger partial charge in [-0.3, -0.25) is 9.89 Å². The summed E-state index contributed by atoms with van der Waals surface area (Å²) >= 11 is 0. The van der Waals surface area contributed by atoms with Crippen LogP contribution in [0.15, 0.2) is 29.3 Å². The summed E-state index contributed by atoms with van der Waals surface area (Å²) in [4.78, 5) is 11.6. The van der Waals surface area contributed by atoms with Gasteiger partial charge < -0.3 is 15.7 Å². The highest BCUT2D eigenvalue weighted by Gasteiger charge is 2.22. The number of β-amino-alcohol motifs (C(OH)–C–C–N with tert-alkyl or cyclic N) is 1. The van der Waals surface area contributed by atoms with Gasteiger partial charge in [-0.15, -0.1) is 24.0 Å². The summed E-state index contributed by atoms with van der Waals surface area (Å²) in [7, 11) is 0. The third kappa shape index (κ3) is 6.41. The van der Waals surface area contributed by atoms with Crippen LogP contribution in [0.3, 0.4) is 0 Å². The number of benzene rings is 1. The number of aromatic nitrogens is 3. The molecule has 0 radical (unpaired) electrons. The number of fused-ring (bicyclic) bond motifs is 2. The van der Waals surface area contributed by atoms with Crippen molar-refractivity contribution in [3.63, 3.8) is 0 Å². The van der Waals surface area contributed by atoms with Crippen molar-refractivity contribution >= 4 is 29.9 Å². The third-order valence-corrected chi connectivity index (χ3v) is 6.04. The van der Waals surface area contributed by atoms with Gasteiger partial charge in [0, 0.05) is 45.1 Å². The molecule has 2 aliphatic rings. The smallest absolute Gasteiger partial charge is 0.191 e. The molecule has 1 aromatic heterocycles. The second-order valence-corrected chi connectivity index (χ2v) is 8.49. The third-order valence-electron chi connectivity index (χ3n) is 6.04. The molecule has 0 spiro atoms. The van der Waals surface area contributed by atoms with E-state index >= 15 is 0 Å². The second kappa shape index (κ2) is 11.9. The van der Waals surface area contributed by atoms with Crippen molar-refractivity contribution in [1.29, 1.82) is 0 Å². The molecule has 9 heteroatoms. The Hall–Kier alpha value is -1.72. The van der Waals surface area contributed by atoms with Crippen molar-refractivity contribution in [2.75, 3.05) is 26.2 Å². The van der Waals surface area contributed by atoms with Gasteiger partial charge in [0.1, 0.15) is 5.82 Å². The van der Waals surface area contributed by atoms with Crippen LogP contribution in [0.5, 0.6) is 0 Å². The molecule has 4 rings (SSSR count). The summed E-state index contributed by atoms with van der Waals surface area (Å²) < 4.78 is 2.02. The van der Waals surface area contributed by atoms with E-state index in [1.54, 1.807) is 0 Å². The molecule has 2 unspecified atom stereocenters. The van der Waals surface area contributed by atoms with Gasteiger partial charge in [0.2, 0.25) is 0 Å². The second-order valence-electron chi connectivity index (χ2n) is 8.49. The number of aryl methyl sites for hydroxylation is 2. The number of guanidine groups is 1. The first-order chi connectivity index (χ1) is 15.1. The van der Waals surface area contributed by atoms with E-state index in [2.05, 4.69) is 68.7 Å². The molecule has 0 bridgehead atoms. The summed E-state index contributed by atoms with van der Waals surface area (Å²) in [5.74, 6) is 2.75. The molecule has 0 aliphatic carbocycles. The highest BCUT2D eigenvalue weighted by atomic mass is 127. The quantitative estimate of drug-likeness (QED) is 0.275. The number of aliphatic imine (C=N–C) groups is 1. The lowest BCUT2D eigenvalue weighted by Crippen LogP contribution is -2.47. The normalized spacial score (nSPS) is 19.5. The Morgan fingerprint density at radius 1 is 1.25 bits per heavy atom. The number of aliphatic hydroxyl groups is 1. The van der Waals surface area contributed by atoms with E-state index < -0.39 is 6.10 Å². The van der Waals surface area contributed by atoms with E-state index in [1.807, 2.05) is 4.68 Å². The molecule has 0 saturated carbocycles.